The maximum Gasteiger partial charge on any atom is 0.255 e. The van der Waals surface area contributed by atoms with Gasteiger partial charge in [0.15, 0.2) is 9.84 Å². The van der Waals surface area contributed by atoms with Crippen molar-refractivity contribution >= 4 is 21.4 Å². The lowest BCUT2D eigenvalue weighted by atomic mass is 10.1. The smallest absolute Gasteiger partial charge is 0.255 e. The number of carbonyl (C=O) groups is 1. The first-order valence-corrected chi connectivity index (χ1v) is 9.46. The zero-order valence-electron chi connectivity index (χ0n) is 13.8. The Morgan fingerprint density at radius 2 is 1.92 bits per heavy atom. The van der Waals surface area contributed by atoms with Crippen LogP contribution in [0.4, 0.5) is 5.69 Å². The number of carbonyl (C=O) groups excluding carboxylic acids is 1. The van der Waals surface area contributed by atoms with E-state index >= 15 is 0 Å². The number of hydrogen-bond acceptors (Lipinski definition) is 4. The highest BCUT2D eigenvalue weighted by molar-refractivity contribution is 7.90. The van der Waals surface area contributed by atoms with Crippen molar-refractivity contribution in [3.05, 3.63) is 72.1 Å². The molecule has 0 aliphatic carbocycles. The second kappa shape index (κ2) is 6.52. The highest BCUT2D eigenvalue weighted by Gasteiger charge is 2.15. The molecule has 0 unspecified atom stereocenters. The Morgan fingerprint density at radius 3 is 2.60 bits per heavy atom. The van der Waals surface area contributed by atoms with Gasteiger partial charge in [-0.25, -0.2) is 13.1 Å². The van der Waals surface area contributed by atoms with Gasteiger partial charge in [0.1, 0.15) is 0 Å². The molecule has 0 fully saturated rings. The highest BCUT2D eigenvalue weighted by atomic mass is 32.2. The fourth-order valence-electron chi connectivity index (χ4n) is 2.42. The van der Waals surface area contributed by atoms with Crippen LogP contribution in [0.25, 0.3) is 5.69 Å². The third-order valence-corrected chi connectivity index (χ3v) is 4.87. The molecule has 0 saturated carbocycles. The van der Waals surface area contributed by atoms with Crippen molar-refractivity contribution < 1.29 is 13.2 Å². The summed E-state index contributed by atoms with van der Waals surface area (Å²) in [6.07, 6.45) is 4.60. The van der Waals surface area contributed by atoms with E-state index in [1.807, 2.05) is 18.2 Å². The fraction of sp³-hybridized carbons (Fsp3) is 0.111. The molecule has 0 spiro atoms. The first-order valence-electron chi connectivity index (χ1n) is 7.57. The SMILES string of the molecule is Cc1ccc(S(C)(=O)=O)cc1C(=O)Nc1cccc(-n2cccn2)c1. The van der Waals surface area contributed by atoms with E-state index in [9.17, 15) is 13.2 Å². The number of hydrogen-bond donors (Lipinski definition) is 1. The molecule has 0 bridgehead atoms. The molecule has 0 atom stereocenters. The van der Waals surface area contributed by atoms with Crippen LogP contribution in [0.5, 0.6) is 0 Å². The van der Waals surface area contributed by atoms with Gasteiger partial charge in [0.05, 0.1) is 10.6 Å². The molecule has 2 aromatic carbocycles. The number of nitrogens with zero attached hydrogens (tertiary/aromatic N) is 2. The first-order chi connectivity index (χ1) is 11.8. The summed E-state index contributed by atoms with van der Waals surface area (Å²) < 4.78 is 25.1. The maximum atomic E-state index is 12.6. The molecule has 6 nitrogen and oxygen atoms in total. The van der Waals surface area contributed by atoms with Gasteiger partial charge in [-0.3, -0.25) is 4.79 Å². The molecule has 1 amide bonds. The van der Waals surface area contributed by atoms with Gasteiger partial charge in [0.2, 0.25) is 0 Å². The number of sulfone groups is 1. The normalized spacial score (nSPS) is 11.3. The lowest BCUT2D eigenvalue weighted by molar-refractivity contribution is 0.102. The quantitative estimate of drug-likeness (QED) is 0.780. The summed E-state index contributed by atoms with van der Waals surface area (Å²) in [6.45, 7) is 1.77. The molecule has 0 saturated heterocycles. The van der Waals surface area contributed by atoms with Crippen LogP contribution >= 0.6 is 0 Å². The minimum Gasteiger partial charge on any atom is -0.322 e. The van der Waals surface area contributed by atoms with Crippen LogP contribution in [-0.2, 0) is 9.84 Å². The van der Waals surface area contributed by atoms with Crippen molar-refractivity contribution in [2.24, 2.45) is 0 Å². The summed E-state index contributed by atoms with van der Waals surface area (Å²) in [5, 5.41) is 6.96. The molecule has 7 heteroatoms. The molecule has 0 aliphatic rings. The standard InChI is InChI=1S/C18H17N3O3S/c1-13-7-8-16(25(2,23)24)12-17(13)18(22)20-14-5-3-6-15(11-14)21-10-4-9-19-21/h3-12H,1-2H3,(H,20,22). The Labute approximate surface area is 146 Å². The van der Waals surface area contributed by atoms with Gasteiger partial charge in [-0.15, -0.1) is 0 Å². The van der Waals surface area contributed by atoms with Crippen molar-refractivity contribution in [2.45, 2.75) is 11.8 Å². The van der Waals surface area contributed by atoms with Crippen molar-refractivity contribution in [2.75, 3.05) is 11.6 Å². The third-order valence-electron chi connectivity index (χ3n) is 3.75. The zero-order valence-corrected chi connectivity index (χ0v) is 14.6. The molecule has 25 heavy (non-hydrogen) atoms. The van der Waals surface area contributed by atoms with Crippen LogP contribution in [0.1, 0.15) is 15.9 Å². The molecule has 1 N–H and O–H groups in total. The van der Waals surface area contributed by atoms with Crippen molar-refractivity contribution in [1.29, 1.82) is 0 Å². The lowest BCUT2D eigenvalue weighted by Gasteiger charge is -2.10. The van der Waals surface area contributed by atoms with E-state index in [1.54, 1.807) is 42.2 Å². The van der Waals surface area contributed by atoms with Crippen molar-refractivity contribution in [3.8, 4) is 5.69 Å². The molecular formula is C18H17N3O3S. The minimum absolute atomic E-state index is 0.119. The number of anilines is 1. The van der Waals surface area contributed by atoms with Crippen molar-refractivity contribution in [3.63, 3.8) is 0 Å². The monoisotopic (exact) mass is 355 g/mol. The summed E-state index contributed by atoms with van der Waals surface area (Å²) in [4.78, 5) is 12.7. The Bertz CT molecular complexity index is 1030. The van der Waals surface area contributed by atoms with Gasteiger partial charge < -0.3 is 5.32 Å². The predicted octanol–water partition coefficient (Wildman–Crippen LogP) is 2.84. The van der Waals surface area contributed by atoms with E-state index < -0.39 is 9.84 Å². The van der Waals surface area contributed by atoms with E-state index in [2.05, 4.69) is 10.4 Å². The average Bonchev–Trinajstić information content (AvgIpc) is 3.09. The largest absolute Gasteiger partial charge is 0.322 e. The summed E-state index contributed by atoms with van der Waals surface area (Å²) >= 11 is 0. The Kier molecular flexibility index (Phi) is 4.41. The second-order valence-electron chi connectivity index (χ2n) is 5.70. The molecule has 3 aromatic rings. The number of rotatable bonds is 4. The Balaban J connectivity index is 1.89. The molecular weight excluding hydrogens is 338 g/mol. The first kappa shape index (κ1) is 16.9. The van der Waals surface area contributed by atoms with E-state index in [0.717, 1.165) is 11.9 Å². The second-order valence-corrected chi connectivity index (χ2v) is 7.72. The zero-order chi connectivity index (χ0) is 18.0. The molecule has 1 heterocycles. The summed E-state index contributed by atoms with van der Waals surface area (Å²) in [5.74, 6) is -0.361. The van der Waals surface area contributed by atoms with Crippen LogP contribution in [0.3, 0.4) is 0 Å². The number of nitrogens with one attached hydrogen (secondary N) is 1. The molecule has 128 valence electrons. The average molecular weight is 355 g/mol. The van der Waals surface area contributed by atoms with E-state index in [-0.39, 0.29) is 10.8 Å². The van der Waals surface area contributed by atoms with Gasteiger partial charge in [-0.2, -0.15) is 5.10 Å². The number of aromatic nitrogens is 2. The van der Waals surface area contributed by atoms with Gasteiger partial charge in [-0.05, 0) is 48.9 Å². The number of benzene rings is 2. The summed E-state index contributed by atoms with van der Waals surface area (Å²) in [6, 6.07) is 13.6. The summed E-state index contributed by atoms with van der Waals surface area (Å²) in [5.41, 5.74) is 2.44. The van der Waals surface area contributed by atoms with E-state index in [1.165, 1.54) is 12.1 Å². The van der Waals surface area contributed by atoms with Gasteiger partial charge >= 0.3 is 0 Å². The number of amides is 1. The predicted molar refractivity (Wildman–Crippen MR) is 95.8 cm³/mol. The van der Waals surface area contributed by atoms with Crippen LogP contribution in [-0.4, -0.2) is 30.4 Å². The van der Waals surface area contributed by atoms with Gasteiger partial charge in [0.25, 0.3) is 5.91 Å². The molecule has 1 aromatic heterocycles. The van der Waals surface area contributed by atoms with Crippen LogP contribution in [0.15, 0.2) is 65.8 Å². The lowest BCUT2D eigenvalue weighted by Crippen LogP contribution is -2.14. The fourth-order valence-corrected chi connectivity index (χ4v) is 3.07. The molecule has 3 rings (SSSR count). The topological polar surface area (TPSA) is 81.1 Å². The van der Waals surface area contributed by atoms with Gasteiger partial charge in [0, 0.05) is 29.9 Å². The molecule has 0 radical (unpaired) electrons. The maximum absolute atomic E-state index is 12.6. The summed E-state index contributed by atoms with van der Waals surface area (Å²) in [7, 11) is -3.38. The van der Waals surface area contributed by atoms with Gasteiger partial charge in [-0.1, -0.05) is 12.1 Å². The molecule has 0 aliphatic heterocycles. The Morgan fingerprint density at radius 1 is 1.12 bits per heavy atom. The van der Waals surface area contributed by atoms with Crippen LogP contribution < -0.4 is 5.32 Å². The van der Waals surface area contributed by atoms with E-state index in [4.69, 9.17) is 0 Å². The Hall–Kier alpha value is -2.93. The van der Waals surface area contributed by atoms with Crippen LogP contribution in [0.2, 0.25) is 0 Å². The number of aryl methyl sites for hydroxylation is 1. The van der Waals surface area contributed by atoms with Crippen molar-refractivity contribution in [1.82, 2.24) is 9.78 Å². The van der Waals surface area contributed by atoms with E-state index in [0.29, 0.717) is 16.8 Å². The highest BCUT2D eigenvalue weighted by Crippen LogP contribution is 2.19. The minimum atomic E-state index is -3.38. The third kappa shape index (κ3) is 3.77. The van der Waals surface area contributed by atoms with Crippen LogP contribution in [0, 0.1) is 6.92 Å².